The molecule has 0 saturated carbocycles. The first kappa shape index (κ1) is 13.2. The van der Waals surface area contributed by atoms with Crippen LogP contribution in [0.25, 0.3) is 0 Å². The Bertz CT molecular complexity index is 256. The highest BCUT2D eigenvalue weighted by atomic mass is 32.2. The number of nitrogens with zero attached hydrogens (tertiary/aromatic N) is 1. The van der Waals surface area contributed by atoms with E-state index in [2.05, 4.69) is 4.90 Å². The summed E-state index contributed by atoms with van der Waals surface area (Å²) in [5.74, 6) is 2.13. The van der Waals surface area contributed by atoms with E-state index in [1.54, 1.807) is 0 Å². The lowest BCUT2D eigenvalue weighted by atomic mass is 9.98. The lowest BCUT2D eigenvalue weighted by molar-refractivity contribution is -0.138. The molecule has 0 aromatic rings. The zero-order valence-corrected chi connectivity index (χ0v) is 11.0. The summed E-state index contributed by atoms with van der Waals surface area (Å²) in [6.45, 7) is 3.84. The molecule has 0 aromatic heterocycles. The highest BCUT2D eigenvalue weighted by Crippen LogP contribution is 2.23. The average molecular weight is 259 g/mol. The third-order valence-corrected chi connectivity index (χ3v) is 4.69. The van der Waals surface area contributed by atoms with E-state index in [-0.39, 0.29) is 12.5 Å². The molecule has 17 heavy (non-hydrogen) atoms. The summed E-state index contributed by atoms with van der Waals surface area (Å²) in [5.41, 5.74) is 0. The van der Waals surface area contributed by atoms with Gasteiger partial charge in [-0.25, -0.2) is 0 Å². The van der Waals surface area contributed by atoms with Gasteiger partial charge in [0.1, 0.15) is 0 Å². The zero-order chi connectivity index (χ0) is 12.1. The van der Waals surface area contributed by atoms with Gasteiger partial charge in [0.05, 0.1) is 6.42 Å². The standard InChI is InChI=1S/C12H21NO3S/c14-12(15)7-11-9-17-6-3-13(11)8-10-1-4-16-5-2-10/h10-11H,1-9H2,(H,14,15). The van der Waals surface area contributed by atoms with Gasteiger partial charge in [-0.15, -0.1) is 0 Å². The number of carbonyl (C=O) groups is 1. The van der Waals surface area contributed by atoms with Crippen LogP contribution in [0, 0.1) is 5.92 Å². The molecule has 0 spiro atoms. The number of thioether (sulfide) groups is 1. The van der Waals surface area contributed by atoms with E-state index in [1.807, 2.05) is 11.8 Å². The van der Waals surface area contributed by atoms with Crippen LogP contribution >= 0.6 is 11.8 Å². The first-order valence-electron chi connectivity index (χ1n) is 6.37. The molecule has 2 aliphatic heterocycles. The quantitative estimate of drug-likeness (QED) is 0.825. The van der Waals surface area contributed by atoms with Crippen molar-refractivity contribution < 1.29 is 14.6 Å². The van der Waals surface area contributed by atoms with Crippen LogP contribution < -0.4 is 0 Å². The van der Waals surface area contributed by atoms with E-state index in [9.17, 15) is 4.79 Å². The summed E-state index contributed by atoms with van der Waals surface area (Å²) in [5, 5.41) is 8.93. The minimum absolute atomic E-state index is 0.231. The summed E-state index contributed by atoms with van der Waals surface area (Å²) in [4.78, 5) is 13.2. The van der Waals surface area contributed by atoms with Gasteiger partial charge in [0.15, 0.2) is 0 Å². The van der Waals surface area contributed by atoms with Gasteiger partial charge in [0, 0.05) is 43.9 Å². The van der Waals surface area contributed by atoms with Crippen molar-refractivity contribution in [1.82, 2.24) is 4.90 Å². The molecule has 4 nitrogen and oxygen atoms in total. The lowest BCUT2D eigenvalue weighted by Gasteiger charge is -2.37. The molecule has 2 heterocycles. The number of hydrogen-bond donors (Lipinski definition) is 1. The van der Waals surface area contributed by atoms with Crippen LogP contribution in [0.4, 0.5) is 0 Å². The van der Waals surface area contributed by atoms with Crippen molar-refractivity contribution in [3.05, 3.63) is 0 Å². The predicted octanol–water partition coefficient (Wildman–Crippen LogP) is 1.31. The summed E-state index contributed by atoms with van der Waals surface area (Å²) in [7, 11) is 0. The van der Waals surface area contributed by atoms with Gasteiger partial charge in [-0.05, 0) is 18.8 Å². The molecule has 1 unspecified atom stereocenters. The number of hydrogen-bond acceptors (Lipinski definition) is 4. The Morgan fingerprint density at radius 3 is 2.88 bits per heavy atom. The largest absolute Gasteiger partial charge is 0.481 e. The SMILES string of the molecule is O=C(O)CC1CSCCN1CC1CCOCC1. The van der Waals surface area contributed by atoms with E-state index in [1.165, 1.54) is 0 Å². The zero-order valence-electron chi connectivity index (χ0n) is 10.1. The number of carboxylic acid groups (broad SMARTS) is 1. The van der Waals surface area contributed by atoms with Gasteiger partial charge in [0.2, 0.25) is 0 Å². The average Bonchev–Trinajstić information content (AvgIpc) is 2.32. The molecule has 1 N–H and O–H groups in total. The summed E-state index contributed by atoms with van der Waals surface area (Å²) >= 11 is 1.88. The second-order valence-corrected chi connectivity index (χ2v) is 6.03. The van der Waals surface area contributed by atoms with Crippen LogP contribution in [-0.4, -0.2) is 59.8 Å². The van der Waals surface area contributed by atoms with Crippen molar-refractivity contribution in [2.24, 2.45) is 5.92 Å². The van der Waals surface area contributed by atoms with Crippen LogP contribution in [0.3, 0.4) is 0 Å². The van der Waals surface area contributed by atoms with Crippen molar-refractivity contribution in [3.8, 4) is 0 Å². The Hall–Kier alpha value is -0.260. The number of aliphatic carboxylic acids is 1. The Balaban J connectivity index is 1.84. The molecule has 1 atom stereocenters. The first-order valence-corrected chi connectivity index (χ1v) is 7.52. The van der Waals surface area contributed by atoms with Crippen molar-refractivity contribution in [2.75, 3.05) is 37.8 Å². The summed E-state index contributed by atoms with van der Waals surface area (Å²) in [6, 6.07) is 0.231. The maximum atomic E-state index is 10.8. The maximum absolute atomic E-state index is 10.8. The van der Waals surface area contributed by atoms with Crippen LogP contribution in [0.1, 0.15) is 19.3 Å². The Kier molecular flexibility index (Phi) is 5.13. The second-order valence-electron chi connectivity index (χ2n) is 4.88. The van der Waals surface area contributed by atoms with E-state index < -0.39 is 5.97 Å². The van der Waals surface area contributed by atoms with Crippen LogP contribution in [-0.2, 0) is 9.53 Å². The van der Waals surface area contributed by atoms with Gasteiger partial charge in [0.25, 0.3) is 0 Å². The lowest BCUT2D eigenvalue weighted by Crippen LogP contribution is -2.46. The summed E-state index contributed by atoms with van der Waals surface area (Å²) in [6.07, 6.45) is 2.54. The van der Waals surface area contributed by atoms with Crippen LogP contribution in [0.2, 0.25) is 0 Å². The van der Waals surface area contributed by atoms with E-state index in [0.29, 0.717) is 5.92 Å². The normalized spacial score (nSPS) is 28.1. The molecule has 0 radical (unpaired) electrons. The fourth-order valence-electron chi connectivity index (χ4n) is 2.58. The fourth-order valence-corrected chi connectivity index (χ4v) is 3.71. The fraction of sp³-hybridized carbons (Fsp3) is 0.917. The van der Waals surface area contributed by atoms with Crippen molar-refractivity contribution in [2.45, 2.75) is 25.3 Å². The molecular formula is C12H21NO3S. The Morgan fingerprint density at radius 2 is 2.18 bits per heavy atom. The molecule has 2 fully saturated rings. The highest BCUT2D eigenvalue weighted by molar-refractivity contribution is 7.99. The monoisotopic (exact) mass is 259 g/mol. The molecule has 0 aromatic carbocycles. The van der Waals surface area contributed by atoms with Gasteiger partial charge >= 0.3 is 5.97 Å². The van der Waals surface area contributed by atoms with Crippen molar-refractivity contribution >= 4 is 17.7 Å². The molecule has 0 amide bonds. The van der Waals surface area contributed by atoms with Crippen molar-refractivity contribution in [3.63, 3.8) is 0 Å². The van der Waals surface area contributed by atoms with Gasteiger partial charge in [-0.2, -0.15) is 11.8 Å². The molecule has 5 heteroatoms. The Labute approximate surface area is 107 Å². The van der Waals surface area contributed by atoms with Gasteiger partial charge in [-0.3, -0.25) is 9.69 Å². The van der Waals surface area contributed by atoms with Crippen LogP contribution in [0.5, 0.6) is 0 Å². The Morgan fingerprint density at radius 1 is 1.41 bits per heavy atom. The minimum Gasteiger partial charge on any atom is -0.481 e. The minimum atomic E-state index is -0.672. The summed E-state index contributed by atoms with van der Waals surface area (Å²) < 4.78 is 5.36. The molecule has 0 bridgehead atoms. The second kappa shape index (κ2) is 6.61. The molecule has 0 aliphatic carbocycles. The third kappa shape index (κ3) is 4.16. The molecular weight excluding hydrogens is 238 g/mol. The molecule has 98 valence electrons. The topological polar surface area (TPSA) is 49.8 Å². The number of rotatable bonds is 4. The highest BCUT2D eigenvalue weighted by Gasteiger charge is 2.27. The third-order valence-electron chi connectivity index (χ3n) is 3.59. The number of carboxylic acids is 1. The molecule has 2 aliphatic rings. The smallest absolute Gasteiger partial charge is 0.304 e. The molecule has 2 rings (SSSR count). The van der Waals surface area contributed by atoms with Gasteiger partial charge in [-0.1, -0.05) is 0 Å². The maximum Gasteiger partial charge on any atom is 0.304 e. The van der Waals surface area contributed by atoms with Gasteiger partial charge < -0.3 is 9.84 Å². The van der Waals surface area contributed by atoms with Crippen LogP contribution in [0.15, 0.2) is 0 Å². The molecule has 2 saturated heterocycles. The number of ether oxygens (including phenoxy) is 1. The predicted molar refractivity (Wildman–Crippen MR) is 68.5 cm³/mol. The first-order chi connectivity index (χ1) is 8.25. The van der Waals surface area contributed by atoms with E-state index in [4.69, 9.17) is 9.84 Å². The van der Waals surface area contributed by atoms with E-state index >= 15 is 0 Å². The van der Waals surface area contributed by atoms with E-state index in [0.717, 1.165) is 50.7 Å². The van der Waals surface area contributed by atoms with Crippen molar-refractivity contribution in [1.29, 1.82) is 0 Å².